The summed E-state index contributed by atoms with van der Waals surface area (Å²) in [6.07, 6.45) is -4.47. The predicted octanol–water partition coefficient (Wildman–Crippen LogP) is 4.06. The minimum atomic E-state index is -4.47. The molecule has 1 rings (SSSR count). The van der Waals surface area contributed by atoms with Gasteiger partial charge in [0, 0.05) is 0 Å². The third-order valence-electron chi connectivity index (χ3n) is 2.19. The number of hydrogen-bond donors (Lipinski definition) is 0. The highest BCUT2D eigenvalue weighted by Crippen LogP contribution is 2.28. The van der Waals surface area contributed by atoms with Crippen molar-refractivity contribution in [3.05, 3.63) is 29.6 Å². The molecule has 0 aliphatic carbocycles. The molecule has 0 aliphatic heterocycles. The van der Waals surface area contributed by atoms with Gasteiger partial charge < -0.3 is 4.74 Å². The topological polar surface area (TPSA) is 9.23 Å². The van der Waals surface area contributed by atoms with E-state index >= 15 is 0 Å². The zero-order chi connectivity index (χ0) is 13.3. The summed E-state index contributed by atoms with van der Waals surface area (Å²) in [5.41, 5.74) is 0.445. The van der Waals surface area contributed by atoms with Crippen LogP contribution in [0.3, 0.4) is 0 Å². The number of ether oxygens (including phenoxy) is 1. The molecule has 0 spiro atoms. The van der Waals surface area contributed by atoms with E-state index in [4.69, 9.17) is 0 Å². The summed E-state index contributed by atoms with van der Waals surface area (Å²) in [6.45, 7) is 4.16. The number of rotatable bonds is 2. The molecular formula is C12H14F4O. The quantitative estimate of drug-likeness (QED) is 0.719. The molecule has 0 N–H and O–H groups in total. The Bertz CT molecular complexity index is 390. The van der Waals surface area contributed by atoms with Gasteiger partial charge in [-0.2, -0.15) is 13.2 Å². The van der Waals surface area contributed by atoms with Crippen molar-refractivity contribution in [1.82, 2.24) is 0 Å². The summed E-state index contributed by atoms with van der Waals surface area (Å²) < 4.78 is 53.6. The lowest BCUT2D eigenvalue weighted by Gasteiger charge is -2.20. The Kier molecular flexibility index (Phi) is 3.69. The van der Waals surface area contributed by atoms with Gasteiger partial charge >= 0.3 is 6.18 Å². The molecular weight excluding hydrogens is 236 g/mol. The van der Waals surface area contributed by atoms with E-state index < -0.39 is 18.6 Å². The second kappa shape index (κ2) is 4.55. The van der Waals surface area contributed by atoms with Crippen molar-refractivity contribution >= 4 is 0 Å². The van der Waals surface area contributed by atoms with Crippen LogP contribution in [0.5, 0.6) is 5.75 Å². The van der Waals surface area contributed by atoms with Crippen molar-refractivity contribution in [2.24, 2.45) is 0 Å². The fourth-order valence-electron chi connectivity index (χ4n) is 1.24. The summed E-state index contributed by atoms with van der Waals surface area (Å²) in [4.78, 5) is 0. The van der Waals surface area contributed by atoms with E-state index in [0.717, 1.165) is 11.6 Å². The summed E-state index contributed by atoms with van der Waals surface area (Å²) in [5.74, 6) is -1.16. The van der Waals surface area contributed by atoms with Gasteiger partial charge in [-0.15, -0.1) is 0 Å². The van der Waals surface area contributed by atoms with E-state index in [1.54, 1.807) is 0 Å². The minimum Gasteiger partial charge on any atom is -0.481 e. The lowest BCUT2D eigenvalue weighted by atomic mass is 9.87. The zero-order valence-corrected chi connectivity index (χ0v) is 9.86. The van der Waals surface area contributed by atoms with Gasteiger partial charge in [-0.05, 0) is 23.1 Å². The minimum absolute atomic E-state index is 0.274. The molecule has 0 fully saturated rings. The van der Waals surface area contributed by atoms with Crippen molar-refractivity contribution in [2.75, 3.05) is 6.61 Å². The van der Waals surface area contributed by atoms with E-state index in [1.165, 1.54) is 12.1 Å². The van der Waals surface area contributed by atoms with Crippen LogP contribution in [-0.4, -0.2) is 12.8 Å². The molecule has 0 heterocycles. The molecule has 1 aromatic carbocycles. The fraction of sp³-hybridized carbons (Fsp3) is 0.500. The van der Waals surface area contributed by atoms with Gasteiger partial charge in [0.2, 0.25) is 0 Å². The maximum absolute atomic E-state index is 13.2. The van der Waals surface area contributed by atoms with Gasteiger partial charge in [0.25, 0.3) is 0 Å². The molecule has 5 heteroatoms. The van der Waals surface area contributed by atoms with Gasteiger partial charge in [-0.25, -0.2) is 4.39 Å². The van der Waals surface area contributed by atoms with E-state index in [2.05, 4.69) is 4.74 Å². The number of alkyl halides is 3. The molecule has 0 saturated carbocycles. The molecule has 1 nitrogen and oxygen atoms in total. The van der Waals surface area contributed by atoms with Gasteiger partial charge in [0.1, 0.15) is 0 Å². The Balaban J connectivity index is 2.92. The molecule has 0 unspecified atom stereocenters. The first-order chi connectivity index (χ1) is 7.59. The van der Waals surface area contributed by atoms with E-state index in [1.807, 2.05) is 20.8 Å². The lowest BCUT2D eigenvalue weighted by molar-refractivity contribution is -0.153. The number of halogens is 4. The Morgan fingerprint density at radius 1 is 1.12 bits per heavy atom. The normalized spacial score (nSPS) is 12.6. The Morgan fingerprint density at radius 3 is 2.18 bits per heavy atom. The average molecular weight is 250 g/mol. The fourth-order valence-corrected chi connectivity index (χ4v) is 1.24. The summed E-state index contributed by atoms with van der Waals surface area (Å²) in [5, 5.41) is 0. The first-order valence-electron chi connectivity index (χ1n) is 5.09. The van der Waals surface area contributed by atoms with Crippen molar-refractivity contribution in [2.45, 2.75) is 32.4 Å². The van der Waals surface area contributed by atoms with Crippen LogP contribution in [-0.2, 0) is 5.41 Å². The van der Waals surface area contributed by atoms with Crippen molar-refractivity contribution < 1.29 is 22.3 Å². The first kappa shape index (κ1) is 13.8. The van der Waals surface area contributed by atoms with Crippen molar-refractivity contribution in [1.29, 1.82) is 0 Å². The van der Waals surface area contributed by atoms with Gasteiger partial charge in [0.05, 0.1) is 0 Å². The maximum Gasteiger partial charge on any atom is 0.422 e. The third kappa shape index (κ3) is 4.24. The Labute approximate surface area is 97.4 Å². The van der Waals surface area contributed by atoms with Crippen LogP contribution in [0, 0.1) is 5.82 Å². The molecule has 0 aliphatic rings. The smallest absolute Gasteiger partial charge is 0.422 e. The van der Waals surface area contributed by atoms with Crippen LogP contribution in [0.1, 0.15) is 26.3 Å². The first-order valence-corrected chi connectivity index (χ1v) is 5.09. The molecule has 0 atom stereocenters. The molecule has 0 bridgehead atoms. The highest BCUT2D eigenvalue weighted by atomic mass is 19.4. The second-order valence-electron chi connectivity index (χ2n) is 4.80. The van der Waals surface area contributed by atoms with Crippen molar-refractivity contribution in [3.63, 3.8) is 0 Å². The highest BCUT2D eigenvalue weighted by Gasteiger charge is 2.29. The monoisotopic (exact) mass is 250 g/mol. The van der Waals surface area contributed by atoms with E-state index in [-0.39, 0.29) is 11.2 Å². The summed E-state index contributed by atoms with van der Waals surface area (Å²) >= 11 is 0. The Hall–Kier alpha value is -1.26. The van der Waals surface area contributed by atoms with Crippen molar-refractivity contribution in [3.8, 4) is 5.75 Å². The second-order valence-corrected chi connectivity index (χ2v) is 4.80. The van der Waals surface area contributed by atoms with Crippen LogP contribution >= 0.6 is 0 Å². The Morgan fingerprint density at radius 2 is 1.71 bits per heavy atom. The lowest BCUT2D eigenvalue weighted by Crippen LogP contribution is -2.20. The molecule has 0 amide bonds. The van der Waals surface area contributed by atoms with Crippen LogP contribution in [0.25, 0.3) is 0 Å². The van der Waals surface area contributed by atoms with Crippen LogP contribution in [0.2, 0.25) is 0 Å². The molecule has 0 radical (unpaired) electrons. The summed E-state index contributed by atoms with van der Waals surface area (Å²) in [7, 11) is 0. The van der Waals surface area contributed by atoms with Crippen LogP contribution in [0.4, 0.5) is 17.6 Å². The average Bonchev–Trinajstić information content (AvgIpc) is 2.13. The predicted molar refractivity (Wildman–Crippen MR) is 56.7 cm³/mol. The van der Waals surface area contributed by atoms with Gasteiger partial charge in [-0.1, -0.05) is 26.8 Å². The molecule has 0 aromatic heterocycles. The zero-order valence-electron chi connectivity index (χ0n) is 9.86. The molecule has 96 valence electrons. The van der Waals surface area contributed by atoms with E-state index in [9.17, 15) is 17.6 Å². The standard InChI is InChI=1S/C12H14F4O/c1-11(2,3)8-4-5-9(13)10(6-8)17-7-12(14,15)16/h4-6H,7H2,1-3H3. The third-order valence-corrected chi connectivity index (χ3v) is 2.19. The molecule has 17 heavy (non-hydrogen) atoms. The van der Waals surface area contributed by atoms with Crippen LogP contribution in [0.15, 0.2) is 18.2 Å². The van der Waals surface area contributed by atoms with Gasteiger partial charge in [-0.3, -0.25) is 0 Å². The maximum atomic E-state index is 13.2. The van der Waals surface area contributed by atoms with Gasteiger partial charge in [0.15, 0.2) is 18.2 Å². The molecule has 1 aromatic rings. The van der Waals surface area contributed by atoms with E-state index in [0.29, 0.717) is 0 Å². The summed E-state index contributed by atoms with van der Waals surface area (Å²) in [6, 6.07) is 3.96. The SMILES string of the molecule is CC(C)(C)c1ccc(F)c(OCC(F)(F)F)c1. The number of benzene rings is 1. The highest BCUT2D eigenvalue weighted by molar-refractivity contribution is 5.34. The van der Waals surface area contributed by atoms with Crippen LogP contribution < -0.4 is 4.74 Å². The number of hydrogen-bond acceptors (Lipinski definition) is 1. The largest absolute Gasteiger partial charge is 0.481 e. The molecule has 0 saturated heterocycles.